The van der Waals surface area contributed by atoms with E-state index in [0.29, 0.717) is 6.54 Å². The Morgan fingerprint density at radius 3 is 2.15 bits per heavy atom. The van der Waals surface area contributed by atoms with Crippen molar-refractivity contribution in [2.24, 2.45) is 0 Å². The van der Waals surface area contributed by atoms with Crippen molar-refractivity contribution in [1.82, 2.24) is 4.90 Å². The number of hydrogen-bond donors (Lipinski definition) is 0. The number of alkyl halides is 4. The first-order valence-electron chi connectivity index (χ1n) is 4.34. The summed E-state index contributed by atoms with van der Waals surface area (Å²) >= 11 is 3.22. The van der Waals surface area contributed by atoms with Crippen LogP contribution in [-0.2, 0) is 0 Å². The molecule has 0 spiro atoms. The second-order valence-corrected chi connectivity index (χ2v) is 3.69. The topological polar surface area (TPSA) is 3.24 Å². The van der Waals surface area contributed by atoms with E-state index in [1.165, 1.54) is 0 Å². The average Bonchev–Trinajstić information content (AvgIpc) is 2.00. The smallest absolute Gasteiger partial charge is 0.302 e. The summed E-state index contributed by atoms with van der Waals surface area (Å²) in [5, 5.41) is 0.727. The lowest BCUT2D eigenvalue weighted by Gasteiger charge is -2.20. The van der Waals surface area contributed by atoms with Crippen molar-refractivity contribution in [1.29, 1.82) is 0 Å². The Morgan fingerprint density at radius 2 is 1.77 bits per heavy atom. The Labute approximate surface area is 85.4 Å². The third-order valence-electron chi connectivity index (χ3n) is 1.65. The largest absolute Gasteiger partial charge is 0.390 e. The van der Waals surface area contributed by atoms with E-state index in [4.69, 9.17) is 0 Å². The van der Waals surface area contributed by atoms with Gasteiger partial charge in [-0.25, -0.2) is 0 Å². The standard InChI is InChI=1S/C8H15BrF3N/c1-2-5-13(7-4-9)6-3-8(10,11)12/h2-7H2,1H3. The molecule has 0 aliphatic heterocycles. The summed E-state index contributed by atoms with van der Waals surface area (Å²) in [4.78, 5) is 1.82. The molecule has 0 saturated carbocycles. The fourth-order valence-electron chi connectivity index (χ4n) is 1.06. The highest BCUT2D eigenvalue weighted by Gasteiger charge is 2.27. The van der Waals surface area contributed by atoms with E-state index in [1.54, 1.807) is 0 Å². The molecule has 0 amide bonds. The highest BCUT2D eigenvalue weighted by atomic mass is 79.9. The molecule has 0 heterocycles. The molecule has 0 saturated heterocycles. The highest BCUT2D eigenvalue weighted by Crippen LogP contribution is 2.19. The van der Waals surface area contributed by atoms with Gasteiger partial charge in [-0.15, -0.1) is 0 Å². The van der Waals surface area contributed by atoms with E-state index in [9.17, 15) is 13.2 Å². The van der Waals surface area contributed by atoms with Crippen molar-refractivity contribution in [3.63, 3.8) is 0 Å². The number of rotatable bonds is 6. The lowest BCUT2D eigenvalue weighted by molar-refractivity contribution is -0.137. The lowest BCUT2D eigenvalue weighted by atomic mass is 10.3. The minimum Gasteiger partial charge on any atom is -0.302 e. The van der Waals surface area contributed by atoms with Crippen LogP contribution < -0.4 is 0 Å². The summed E-state index contributed by atoms with van der Waals surface area (Å²) in [7, 11) is 0. The van der Waals surface area contributed by atoms with Gasteiger partial charge < -0.3 is 4.90 Å². The fourth-order valence-corrected chi connectivity index (χ4v) is 1.56. The summed E-state index contributed by atoms with van der Waals surface area (Å²) in [6.07, 6.45) is -3.84. The maximum atomic E-state index is 11.9. The quantitative estimate of drug-likeness (QED) is 0.665. The lowest BCUT2D eigenvalue weighted by Crippen LogP contribution is -2.30. The van der Waals surface area contributed by atoms with Crippen molar-refractivity contribution in [2.75, 3.05) is 25.0 Å². The minimum absolute atomic E-state index is 0.114. The van der Waals surface area contributed by atoms with Gasteiger partial charge in [0.05, 0.1) is 6.42 Å². The summed E-state index contributed by atoms with van der Waals surface area (Å²) in [6, 6.07) is 0. The Kier molecular flexibility index (Phi) is 6.77. The first-order chi connectivity index (χ1) is 5.99. The second kappa shape index (κ2) is 6.65. The SMILES string of the molecule is CCCN(CCBr)CCC(F)(F)F. The first-order valence-corrected chi connectivity index (χ1v) is 5.47. The van der Waals surface area contributed by atoms with Gasteiger partial charge in [-0.1, -0.05) is 22.9 Å². The molecule has 0 fully saturated rings. The summed E-state index contributed by atoms with van der Waals surface area (Å²) in [5.41, 5.74) is 0. The van der Waals surface area contributed by atoms with Gasteiger partial charge in [-0.3, -0.25) is 0 Å². The van der Waals surface area contributed by atoms with E-state index in [0.717, 1.165) is 18.3 Å². The Hall–Kier alpha value is 0.230. The van der Waals surface area contributed by atoms with Crippen molar-refractivity contribution in [3.8, 4) is 0 Å². The van der Waals surface area contributed by atoms with Gasteiger partial charge in [0, 0.05) is 18.4 Å². The highest BCUT2D eigenvalue weighted by molar-refractivity contribution is 9.09. The Morgan fingerprint density at radius 1 is 1.15 bits per heavy atom. The summed E-state index contributed by atoms with van der Waals surface area (Å²) in [6.45, 7) is 3.50. The molecule has 0 radical (unpaired) electrons. The molecule has 0 atom stereocenters. The summed E-state index contributed by atoms with van der Waals surface area (Å²) < 4.78 is 35.6. The van der Waals surface area contributed by atoms with E-state index in [2.05, 4.69) is 15.9 Å². The predicted molar refractivity (Wildman–Crippen MR) is 51.2 cm³/mol. The Bertz CT molecular complexity index is 121. The molecule has 5 heteroatoms. The third-order valence-corrected chi connectivity index (χ3v) is 2.01. The van der Waals surface area contributed by atoms with Crippen LogP contribution >= 0.6 is 15.9 Å². The van der Waals surface area contributed by atoms with Crippen molar-refractivity contribution in [3.05, 3.63) is 0 Å². The number of nitrogens with zero attached hydrogens (tertiary/aromatic N) is 1. The first kappa shape index (κ1) is 13.2. The Balaban J connectivity index is 3.68. The minimum atomic E-state index is -4.03. The summed E-state index contributed by atoms with van der Waals surface area (Å²) in [5.74, 6) is 0. The van der Waals surface area contributed by atoms with Crippen LogP contribution in [0.4, 0.5) is 13.2 Å². The third kappa shape index (κ3) is 8.56. The van der Waals surface area contributed by atoms with Crippen LogP contribution in [0.1, 0.15) is 19.8 Å². The zero-order valence-corrected chi connectivity index (χ0v) is 9.29. The second-order valence-electron chi connectivity index (χ2n) is 2.90. The molecule has 0 N–H and O–H groups in total. The van der Waals surface area contributed by atoms with Gasteiger partial charge in [-0.05, 0) is 13.0 Å². The van der Waals surface area contributed by atoms with Gasteiger partial charge in [0.15, 0.2) is 0 Å². The van der Waals surface area contributed by atoms with Crippen LogP contribution in [0, 0.1) is 0 Å². The molecule has 0 aliphatic rings. The van der Waals surface area contributed by atoms with Gasteiger partial charge in [0.2, 0.25) is 0 Å². The molecule has 0 aromatic rings. The van der Waals surface area contributed by atoms with Crippen LogP contribution in [0.5, 0.6) is 0 Å². The molecule has 0 aromatic heterocycles. The predicted octanol–water partition coefficient (Wildman–Crippen LogP) is 3.05. The van der Waals surface area contributed by atoms with Gasteiger partial charge in [0.25, 0.3) is 0 Å². The molecule has 1 nitrogen and oxygen atoms in total. The average molecular weight is 262 g/mol. The fraction of sp³-hybridized carbons (Fsp3) is 1.00. The molecule has 80 valence electrons. The number of hydrogen-bond acceptors (Lipinski definition) is 1. The van der Waals surface area contributed by atoms with Crippen LogP contribution in [0.2, 0.25) is 0 Å². The maximum absolute atomic E-state index is 11.9. The normalized spacial score (nSPS) is 12.5. The molecule has 0 unspecified atom stereocenters. The van der Waals surface area contributed by atoms with Crippen LogP contribution in [0.3, 0.4) is 0 Å². The van der Waals surface area contributed by atoms with Gasteiger partial charge >= 0.3 is 6.18 Å². The van der Waals surface area contributed by atoms with E-state index >= 15 is 0 Å². The maximum Gasteiger partial charge on any atom is 0.390 e. The van der Waals surface area contributed by atoms with Gasteiger partial charge in [0.1, 0.15) is 0 Å². The van der Waals surface area contributed by atoms with E-state index in [1.807, 2.05) is 11.8 Å². The monoisotopic (exact) mass is 261 g/mol. The van der Waals surface area contributed by atoms with Crippen LogP contribution in [-0.4, -0.2) is 36.0 Å². The van der Waals surface area contributed by atoms with E-state index in [-0.39, 0.29) is 6.54 Å². The molecule has 0 aromatic carbocycles. The number of halogens is 4. The molecule has 13 heavy (non-hydrogen) atoms. The van der Waals surface area contributed by atoms with Crippen molar-refractivity contribution in [2.45, 2.75) is 25.9 Å². The molecular weight excluding hydrogens is 247 g/mol. The molecular formula is C8H15BrF3N. The zero-order valence-electron chi connectivity index (χ0n) is 7.70. The van der Waals surface area contributed by atoms with Crippen LogP contribution in [0.25, 0.3) is 0 Å². The zero-order chi connectivity index (χ0) is 10.3. The van der Waals surface area contributed by atoms with Crippen LogP contribution in [0.15, 0.2) is 0 Å². The van der Waals surface area contributed by atoms with Crippen molar-refractivity contribution < 1.29 is 13.2 Å². The van der Waals surface area contributed by atoms with Gasteiger partial charge in [-0.2, -0.15) is 13.2 Å². The molecule has 0 aliphatic carbocycles. The van der Waals surface area contributed by atoms with E-state index < -0.39 is 12.6 Å². The molecule has 0 bridgehead atoms. The molecule has 0 rings (SSSR count). The van der Waals surface area contributed by atoms with Crippen molar-refractivity contribution >= 4 is 15.9 Å².